The average Bonchev–Trinajstić information content (AvgIpc) is 3.61. The van der Waals surface area contributed by atoms with Gasteiger partial charge in [0.15, 0.2) is 5.78 Å². The Bertz CT molecular complexity index is 1050. The molecule has 2 saturated heterocycles. The SMILES string of the molecule is CCN(CC)c1ccc(C(=O)NC(CC(C)C)C(=O)N2CCC3C2C(=O)CN3C(=O)C2(O)CCCC2)cc1. The van der Waals surface area contributed by atoms with Gasteiger partial charge in [0, 0.05) is 30.9 Å². The van der Waals surface area contributed by atoms with Gasteiger partial charge in [0.25, 0.3) is 11.8 Å². The van der Waals surface area contributed by atoms with Gasteiger partial charge in [0.05, 0.1) is 12.6 Å². The second kappa shape index (κ2) is 11.4. The molecule has 38 heavy (non-hydrogen) atoms. The topological polar surface area (TPSA) is 110 Å². The highest BCUT2D eigenvalue weighted by atomic mass is 16.3. The van der Waals surface area contributed by atoms with E-state index in [1.807, 2.05) is 26.0 Å². The van der Waals surface area contributed by atoms with Crippen LogP contribution in [0.4, 0.5) is 5.69 Å². The normalized spacial score (nSPS) is 23.1. The second-order valence-corrected chi connectivity index (χ2v) is 11.3. The van der Waals surface area contributed by atoms with Crippen LogP contribution >= 0.6 is 0 Å². The molecule has 0 radical (unpaired) electrons. The Morgan fingerprint density at radius 3 is 2.29 bits per heavy atom. The zero-order valence-corrected chi connectivity index (χ0v) is 23.1. The van der Waals surface area contributed by atoms with Crippen molar-refractivity contribution in [3.05, 3.63) is 29.8 Å². The standard InChI is InChI=1S/C29H42N4O5/c1-5-31(6-2)21-11-9-20(10-12-21)26(35)30-22(17-19(3)4)27(36)32-16-13-23-25(32)24(34)18-33(23)28(37)29(38)14-7-8-15-29/h9-12,19,22-23,25,38H,5-8,13-18H2,1-4H3,(H,30,35). The van der Waals surface area contributed by atoms with Gasteiger partial charge < -0.3 is 25.1 Å². The van der Waals surface area contributed by atoms with E-state index in [0.29, 0.717) is 37.8 Å². The van der Waals surface area contributed by atoms with Gasteiger partial charge in [0.1, 0.15) is 17.7 Å². The molecule has 3 amide bonds. The molecule has 208 valence electrons. The first-order valence-electron chi connectivity index (χ1n) is 14.1. The van der Waals surface area contributed by atoms with Crippen LogP contribution in [0.25, 0.3) is 0 Å². The molecule has 0 spiro atoms. The minimum absolute atomic E-state index is 0.0830. The van der Waals surface area contributed by atoms with Crippen molar-refractivity contribution in [3.8, 4) is 0 Å². The predicted molar refractivity (Wildman–Crippen MR) is 145 cm³/mol. The minimum atomic E-state index is -1.40. The predicted octanol–water partition coefficient (Wildman–Crippen LogP) is 2.36. The molecular formula is C29H42N4O5. The number of hydrogen-bond donors (Lipinski definition) is 2. The maximum absolute atomic E-state index is 13.8. The van der Waals surface area contributed by atoms with Crippen LogP contribution in [0.1, 0.15) is 76.6 Å². The molecule has 4 rings (SSSR count). The molecule has 3 fully saturated rings. The number of rotatable bonds is 9. The summed E-state index contributed by atoms with van der Waals surface area (Å²) >= 11 is 0. The van der Waals surface area contributed by atoms with Crippen molar-refractivity contribution >= 4 is 29.2 Å². The van der Waals surface area contributed by atoms with Crippen LogP contribution in [0, 0.1) is 5.92 Å². The molecule has 1 aromatic rings. The molecule has 3 unspecified atom stereocenters. The molecule has 9 heteroatoms. The van der Waals surface area contributed by atoms with Crippen molar-refractivity contribution in [2.24, 2.45) is 5.92 Å². The molecule has 0 aromatic heterocycles. The summed E-state index contributed by atoms with van der Waals surface area (Å²) in [4.78, 5) is 58.4. The Morgan fingerprint density at radius 2 is 1.71 bits per heavy atom. The molecule has 2 N–H and O–H groups in total. The third-order valence-corrected chi connectivity index (χ3v) is 8.36. The van der Waals surface area contributed by atoms with Crippen LogP contribution in [0.5, 0.6) is 0 Å². The van der Waals surface area contributed by atoms with E-state index in [1.54, 1.807) is 17.0 Å². The maximum Gasteiger partial charge on any atom is 0.255 e. The summed E-state index contributed by atoms with van der Waals surface area (Å²) in [7, 11) is 0. The van der Waals surface area contributed by atoms with E-state index >= 15 is 0 Å². The number of fused-ring (bicyclic) bond motifs is 1. The van der Waals surface area contributed by atoms with Gasteiger partial charge in [-0.25, -0.2) is 0 Å². The number of likely N-dealkylation sites (tertiary alicyclic amines) is 2. The molecule has 1 aromatic carbocycles. The number of ketones is 1. The lowest BCUT2D eigenvalue weighted by atomic mass is 9.99. The number of aliphatic hydroxyl groups is 1. The summed E-state index contributed by atoms with van der Waals surface area (Å²) in [6, 6.07) is 5.43. The zero-order chi connectivity index (χ0) is 27.6. The lowest BCUT2D eigenvalue weighted by Gasteiger charge is -2.31. The molecule has 3 aliphatic rings. The van der Waals surface area contributed by atoms with Crippen LogP contribution in [0.15, 0.2) is 24.3 Å². The van der Waals surface area contributed by atoms with Gasteiger partial charge in [-0.15, -0.1) is 0 Å². The van der Waals surface area contributed by atoms with Gasteiger partial charge in [0.2, 0.25) is 5.91 Å². The first-order valence-corrected chi connectivity index (χ1v) is 14.1. The molecule has 2 heterocycles. The number of anilines is 1. The summed E-state index contributed by atoms with van der Waals surface area (Å²) in [5, 5.41) is 13.8. The highest BCUT2D eigenvalue weighted by Gasteiger charge is 2.55. The van der Waals surface area contributed by atoms with Gasteiger partial charge >= 0.3 is 0 Å². The molecule has 1 saturated carbocycles. The average molecular weight is 527 g/mol. The summed E-state index contributed by atoms with van der Waals surface area (Å²) < 4.78 is 0. The molecule has 3 atom stereocenters. The van der Waals surface area contributed by atoms with Crippen LogP contribution in [0.3, 0.4) is 0 Å². The Hall–Kier alpha value is -2.94. The number of nitrogens with zero attached hydrogens (tertiary/aromatic N) is 3. The van der Waals surface area contributed by atoms with Crippen molar-refractivity contribution in [1.29, 1.82) is 0 Å². The van der Waals surface area contributed by atoms with Gasteiger partial charge in [-0.1, -0.05) is 13.8 Å². The summed E-state index contributed by atoms with van der Waals surface area (Å²) in [6.07, 6.45) is 3.32. The number of carbonyl (C=O) groups is 4. The number of nitrogens with one attached hydrogen (secondary N) is 1. The highest BCUT2D eigenvalue weighted by molar-refractivity contribution is 6.01. The van der Waals surface area contributed by atoms with E-state index in [9.17, 15) is 24.3 Å². The van der Waals surface area contributed by atoms with E-state index in [0.717, 1.165) is 31.6 Å². The fourth-order valence-electron chi connectivity index (χ4n) is 6.33. The van der Waals surface area contributed by atoms with Crippen LogP contribution < -0.4 is 10.2 Å². The number of benzene rings is 1. The van der Waals surface area contributed by atoms with E-state index in [4.69, 9.17) is 0 Å². The Morgan fingerprint density at radius 1 is 1.08 bits per heavy atom. The zero-order valence-electron chi connectivity index (χ0n) is 23.1. The van der Waals surface area contributed by atoms with E-state index in [1.165, 1.54) is 4.90 Å². The fraction of sp³-hybridized carbons (Fsp3) is 0.655. The van der Waals surface area contributed by atoms with Crippen molar-refractivity contribution in [2.75, 3.05) is 31.1 Å². The molecular weight excluding hydrogens is 484 g/mol. The molecule has 1 aliphatic carbocycles. The van der Waals surface area contributed by atoms with Crippen molar-refractivity contribution in [2.45, 2.75) is 89.9 Å². The number of amides is 3. The maximum atomic E-state index is 13.8. The van der Waals surface area contributed by atoms with Crippen molar-refractivity contribution in [3.63, 3.8) is 0 Å². The fourth-order valence-corrected chi connectivity index (χ4v) is 6.33. The van der Waals surface area contributed by atoms with Crippen LogP contribution in [-0.4, -0.2) is 88.3 Å². The van der Waals surface area contributed by atoms with Crippen molar-refractivity contribution < 1.29 is 24.3 Å². The second-order valence-electron chi connectivity index (χ2n) is 11.3. The first-order chi connectivity index (χ1) is 18.1. The lowest BCUT2D eigenvalue weighted by molar-refractivity contribution is -0.152. The Kier molecular flexibility index (Phi) is 8.45. The third-order valence-electron chi connectivity index (χ3n) is 8.36. The number of hydrogen-bond acceptors (Lipinski definition) is 6. The summed E-state index contributed by atoms with van der Waals surface area (Å²) in [6.45, 7) is 10.1. The van der Waals surface area contributed by atoms with Gasteiger partial charge in [-0.05, 0) is 82.6 Å². The third kappa shape index (κ3) is 5.44. The Balaban J connectivity index is 1.47. The minimum Gasteiger partial charge on any atom is -0.380 e. The van der Waals surface area contributed by atoms with Gasteiger partial charge in [-0.3, -0.25) is 19.2 Å². The van der Waals surface area contributed by atoms with Crippen LogP contribution in [-0.2, 0) is 14.4 Å². The summed E-state index contributed by atoms with van der Waals surface area (Å²) in [5.74, 6) is -1.05. The highest BCUT2D eigenvalue weighted by Crippen LogP contribution is 2.37. The lowest BCUT2D eigenvalue weighted by Crippen LogP contribution is -2.53. The largest absolute Gasteiger partial charge is 0.380 e. The summed E-state index contributed by atoms with van der Waals surface area (Å²) in [5.41, 5.74) is 0.104. The number of Topliss-reactive ketones (excluding diaryl/α,β-unsaturated/α-hetero) is 1. The molecule has 9 nitrogen and oxygen atoms in total. The first kappa shape index (κ1) is 28.1. The number of carbonyl (C=O) groups excluding carboxylic acids is 4. The van der Waals surface area contributed by atoms with E-state index in [-0.39, 0.29) is 36.0 Å². The molecule has 0 bridgehead atoms. The van der Waals surface area contributed by atoms with E-state index in [2.05, 4.69) is 24.1 Å². The van der Waals surface area contributed by atoms with E-state index < -0.39 is 23.7 Å². The molecule has 2 aliphatic heterocycles. The van der Waals surface area contributed by atoms with Crippen LogP contribution in [0.2, 0.25) is 0 Å². The smallest absolute Gasteiger partial charge is 0.255 e. The van der Waals surface area contributed by atoms with Gasteiger partial charge in [-0.2, -0.15) is 0 Å². The van der Waals surface area contributed by atoms with Crippen molar-refractivity contribution in [1.82, 2.24) is 15.1 Å². The monoisotopic (exact) mass is 526 g/mol. The quantitative estimate of drug-likeness (QED) is 0.511. The Labute approximate surface area is 225 Å².